The van der Waals surface area contributed by atoms with Gasteiger partial charge in [-0.15, -0.1) is 0 Å². The van der Waals surface area contributed by atoms with Crippen LogP contribution in [0.3, 0.4) is 0 Å². The number of aryl methyl sites for hydroxylation is 1. The quantitative estimate of drug-likeness (QED) is 0.913. The van der Waals surface area contributed by atoms with Gasteiger partial charge >= 0.3 is 0 Å². The van der Waals surface area contributed by atoms with Crippen LogP contribution >= 0.6 is 11.6 Å². The topological polar surface area (TPSA) is 42.7 Å². The first kappa shape index (κ1) is 14.0. The summed E-state index contributed by atoms with van der Waals surface area (Å²) in [5.74, 6) is 0.779. The third kappa shape index (κ3) is 3.33. The van der Waals surface area contributed by atoms with Gasteiger partial charge in [0.1, 0.15) is 0 Å². The summed E-state index contributed by atoms with van der Waals surface area (Å²) in [7, 11) is 0. The molecule has 0 spiro atoms. The van der Waals surface area contributed by atoms with Crippen LogP contribution in [0.2, 0.25) is 5.02 Å². The summed E-state index contributed by atoms with van der Waals surface area (Å²) in [5.41, 5.74) is 1.98. The molecular formula is C14H19ClN4. The van der Waals surface area contributed by atoms with Crippen molar-refractivity contribution in [3.8, 4) is 5.82 Å². The lowest BCUT2D eigenvalue weighted by atomic mass is 10.1. The van der Waals surface area contributed by atoms with Crippen LogP contribution in [0.15, 0.2) is 24.5 Å². The van der Waals surface area contributed by atoms with Gasteiger partial charge in [-0.3, -0.25) is 0 Å². The minimum atomic E-state index is 0.310. The number of rotatable bonds is 5. The Bertz CT molecular complexity index is 513. The van der Waals surface area contributed by atoms with E-state index in [9.17, 15) is 0 Å². The van der Waals surface area contributed by atoms with Crippen LogP contribution in [-0.2, 0) is 0 Å². The molecular weight excluding hydrogens is 260 g/mol. The standard InChI is InChI=1S/C14H19ClN4/c1-4-7-16-10(2)12-5-6-14(17-8-12)19-9-13(15)11(3)18-19/h5-6,8-10,16H,4,7H2,1-3H3. The molecule has 0 amide bonds. The lowest BCUT2D eigenvalue weighted by molar-refractivity contribution is 0.569. The summed E-state index contributed by atoms with van der Waals surface area (Å²) < 4.78 is 1.70. The molecule has 0 bridgehead atoms. The average Bonchev–Trinajstić information content (AvgIpc) is 2.76. The van der Waals surface area contributed by atoms with E-state index >= 15 is 0 Å². The molecule has 2 aromatic rings. The number of halogens is 1. The average molecular weight is 279 g/mol. The molecule has 0 aliphatic carbocycles. The van der Waals surface area contributed by atoms with Crippen molar-refractivity contribution in [2.24, 2.45) is 0 Å². The largest absolute Gasteiger partial charge is 0.310 e. The molecule has 0 aromatic carbocycles. The van der Waals surface area contributed by atoms with E-state index in [1.165, 1.54) is 5.56 Å². The monoisotopic (exact) mass is 278 g/mol. The maximum Gasteiger partial charge on any atom is 0.153 e. The fourth-order valence-corrected chi connectivity index (χ4v) is 1.95. The zero-order valence-corrected chi connectivity index (χ0v) is 12.3. The molecule has 102 valence electrons. The first-order chi connectivity index (χ1) is 9.11. The summed E-state index contributed by atoms with van der Waals surface area (Å²) in [6, 6.07) is 4.34. The molecule has 19 heavy (non-hydrogen) atoms. The first-order valence-electron chi connectivity index (χ1n) is 6.53. The van der Waals surface area contributed by atoms with E-state index < -0.39 is 0 Å². The maximum atomic E-state index is 6.00. The molecule has 1 N–H and O–H groups in total. The van der Waals surface area contributed by atoms with Crippen molar-refractivity contribution in [2.75, 3.05) is 6.54 Å². The van der Waals surface area contributed by atoms with Crippen LogP contribution < -0.4 is 5.32 Å². The number of pyridine rings is 1. The normalized spacial score (nSPS) is 12.6. The highest BCUT2D eigenvalue weighted by Crippen LogP contribution is 2.17. The van der Waals surface area contributed by atoms with E-state index in [-0.39, 0.29) is 0 Å². The zero-order valence-electron chi connectivity index (χ0n) is 11.5. The van der Waals surface area contributed by atoms with Crippen molar-refractivity contribution < 1.29 is 0 Å². The predicted molar refractivity (Wildman–Crippen MR) is 77.8 cm³/mol. The number of nitrogens with zero attached hydrogens (tertiary/aromatic N) is 3. The minimum absolute atomic E-state index is 0.310. The van der Waals surface area contributed by atoms with Crippen molar-refractivity contribution in [1.82, 2.24) is 20.1 Å². The molecule has 0 saturated heterocycles. The molecule has 1 atom stereocenters. The highest BCUT2D eigenvalue weighted by Gasteiger charge is 2.07. The van der Waals surface area contributed by atoms with E-state index in [2.05, 4.69) is 35.3 Å². The van der Waals surface area contributed by atoms with Gasteiger partial charge in [0.2, 0.25) is 0 Å². The van der Waals surface area contributed by atoms with Crippen LogP contribution in [0.4, 0.5) is 0 Å². The van der Waals surface area contributed by atoms with E-state index in [0.717, 1.165) is 24.5 Å². The molecule has 0 aliphatic heterocycles. The SMILES string of the molecule is CCCNC(C)c1ccc(-n2cc(Cl)c(C)n2)nc1. The molecule has 4 nitrogen and oxygen atoms in total. The summed E-state index contributed by atoms with van der Waals surface area (Å²) in [6.07, 6.45) is 4.78. The Labute approximate surface area is 118 Å². The van der Waals surface area contributed by atoms with Crippen LogP contribution in [0.1, 0.15) is 37.6 Å². The van der Waals surface area contributed by atoms with Gasteiger partial charge in [-0.25, -0.2) is 9.67 Å². The minimum Gasteiger partial charge on any atom is -0.310 e. The van der Waals surface area contributed by atoms with Crippen LogP contribution in [0, 0.1) is 6.92 Å². The van der Waals surface area contributed by atoms with Gasteiger partial charge in [0, 0.05) is 12.2 Å². The molecule has 0 fully saturated rings. The van der Waals surface area contributed by atoms with Crippen LogP contribution in [0.25, 0.3) is 5.82 Å². The van der Waals surface area contributed by atoms with Gasteiger partial charge in [0.15, 0.2) is 5.82 Å². The van der Waals surface area contributed by atoms with Gasteiger partial charge in [-0.05, 0) is 38.4 Å². The molecule has 0 saturated carbocycles. The van der Waals surface area contributed by atoms with Crippen LogP contribution in [-0.4, -0.2) is 21.3 Å². The van der Waals surface area contributed by atoms with Gasteiger partial charge < -0.3 is 5.32 Å². The predicted octanol–water partition coefficient (Wildman–Crippen LogP) is 3.29. The highest BCUT2D eigenvalue weighted by molar-refractivity contribution is 6.31. The summed E-state index contributed by atoms with van der Waals surface area (Å²) >= 11 is 6.00. The van der Waals surface area contributed by atoms with Gasteiger partial charge in [-0.2, -0.15) is 5.10 Å². The zero-order chi connectivity index (χ0) is 13.8. The molecule has 2 aromatic heterocycles. The van der Waals surface area contributed by atoms with E-state index in [1.807, 2.05) is 19.2 Å². The molecule has 0 radical (unpaired) electrons. The number of aromatic nitrogens is 3. The molecule has 2 heterocycles. The maximum absolute atomic E-state index is 6.00. The number of nitrogens with one attached hydrogen (secondary N) is 1. The van der Waals surface area contributed by atoms with Crippen molar-refractivity contribution >= 4 is 11.6 Å². The Hall–Kier alpha value is -1.39. The van der Waals surface area contributed by atoms with Crippen molar-refractivity contribution in [3.05, 3.63) is 40.8 Å². The Balaban J connectivity index is 2.14. The van der Waals surface area contributed by atoms with Crippen molar-refractivity contribution in [3.63, 3.8) is 0 Å². The molecule has 5 heteroatoms. The number of hydrogen-bond acceptors (Lipinski definition) is 3. The third-order valence-corrected chi connectivity index (χ3v) is 3.42. The third-order valence-electron chi connectivity index (χ3n) is 3.04. The second kappa shape index (κ2) is 6.17. The first-order valence-corrected chi connectivity index (χ1v) is 6.91. The summed E-state index contributed by atoms with van der Waals surface area (Å²) in [4.78, 5) is 4.43. The van der Waals surface area contributed by atoms with Gasteiger partial charge in [-0.1, -0.05) is 24.6 Å². The Morgan fingerprint density at radius 3 is 2.74 bits per heavy atom. The van der Waals surface area contributed by atoms with Crippen molar-refractivity contribution in [2.45, 2.75) is 33.2 Å². The summed E-state index contributed by atoms with van der Waals surface area (Å²) in [6.45, 7) is 7.19. The Morgan fingerprint density at radius 1 is 1.42 bits per heavy atom. The Morgan fingerprint density at radius 2 is 2.21 bits per heavy atom. The lowest BCUT2D eigenvalue weighted by Gasteiger charge is -2.13. The fourth-order valence-electron chi connectivity index (χ4n) is 1.82. The Kier molecular flexibility index (Phi) is 4.56. The van der Waals surface area contributed by atoms with Gasteiger partial charge in [0.05, 0.1) is 16.9 Å². The smallest absolute Gasteiger partial charge is 0.153 e. The molecule has 0 aliphatic rings. The van der Waals surface area contributed by atoms with Crippen molar-refractivity contribution in [1.29, 1.82) is 0 Å². The van der Waals surface area contributed by atoms with E-state index in [4.69, 9.17) is 11.6 Å². The molecule has 2 rings (SSSR count). The second-order valence-electron chi connectivity index (χ2n) is 4.63. The lowest BCUT2D eigenvalue weighted by Crippen LogP contribution is -2.19. The number of hydrogen-bond donors (Lipinski definition) is 1. The second-order valence-corrected chi connectivity index (χ2v) is 5.04. The van der Waals surface area contributed by atoms with E-state index in [0.29, 0.717) is 11.1 Å². The van der Waals surface area contributed by atoms with E-state index in [1.54, 1.807) is 10.9 Å². The summed E-state index contributed by atoms with van der Waals surface area (Å²) in [5, 5.41) is 8.41. The highest BCUT2D eigenvalue weighted by atomic mass is 35.5. The molecule has 1 unspecified atom stereocenters. The van der Waals surface area contributed by atoms with Gasteiger partial charge in [0.25, 0.3) is 0 Å². The fraction of sp³-hybridized carbons (Fsp3) is 0.429. The van der Waals surface area contributed by atoms with Crippen LogP contribution in [0.5, 0.6) is 0 Å².